The molecule has 4 rings (SSSR count). The van der Waals surface area contributed by atoms with Crippen molar-refractivity contribution in [3.05, 3.63) is 113 Å². The lowest BCUT2D eigenvalue weighted by molar-refractivity contribution is 0.102. The van der Waals surface area contributed by atoms with Crippen LogP contribution in [0, 0.1) is 6.92 Å². The molecule has 1 N–H and O–H groups in total. The highest BCUT2D eigenvalue weighted by atomic mass is 32.2. The van der Waals surface area contributed by atoms with Gasteiger partial charge in [-0.05, 0) is 42.3 Å². The molecule has 0 bridgehead atoms. The Hall–Kier alpha value is -3.75. The van der Waals surface area contributed by atoms with Crippen LogP contribution in [-0.2, 0) is 23.1 Å². The van der Waals surface area contributed by atoms with Gasteiger partial charge in [-0.3, -0.25) is 4.79 Å². The van der Waals surface area contributed by atoms with Gasteiger partial charge >= 0.3 is 0 Å². The third-order valence-corrected chi connectivity index (χ3v) is 7.56. The summed E-state index contributed by atoms with van der Waals surface area (Å²) < 4.78 is 29.5. The first-order chi connectivity index (χ1) is 16.9. The number of rotatable bonds is 9. The summed E-state index contributed by atoms with van der Waals surface area (Å²) in [5.41, 5.74) is 3.13. The quantitative estimate of drug-likeness (QED) is 0.370. The summed E-state index contributed by atoms with van der Waals surface area (Å²) in [5.74, 6) is 0.243. The summed E-state index contributed by atoms with van der Waals surface area (Å²) in [5, 5.41) is 7.37. The number of carbonyl (C=O) groups is 1. The molecule has 4 aromatic rings. The molecule has 0 atom stereocenters. The Bertz CT molecular complexity index is 1380. The van der Waals surface area contributed by atoms with Crippen LogP contribution in [0.2, 0.25) is 0 Å². The van der Waals surface area contributed by atoms with Crippen molar-refractivity contribution < 1.29 is 13.2 Å². The van der Waals surface area contributed by atoms with Crippen LogP contribution in [0.4, 0.5) is 5.82 Å². The van der Waals surface area contributed by atoms with Crippen LogP contribution in [0.25, 0.3) is 0 Å². The zero-order chi connectivity index (χ0) is 24.8. The number of benzene rings is 3. The van der Waals surface area contributed by atoms with Crippen molar-refractivity contribution in [2.75, 3.05) is 11.9 Å². The van der Waals surface area contributed by atoms with E-state index in [0.717, 1.165) is 16.8 Å². The molecule has 0 aliphatic carbocycles. The van der Waals surface area contributed by atoms with Crippen LogP contribution >= 0.6 is 0 Å². The highest BCUT2D eigenvalue weighted by Gasteiger charge is 2.23. The lowest BCUT2D eigenvalue weighted by atomic mass is 10.2. The van der Waals surface area contributed by atoms with Crippen molar-refractivity contribution in [2.45, 2.75) is 31.8 Å². The fourth-order valence-corrected chi connectivity index (χ4v) is 5.23. The smallest absolute Gasteiger partial charge is 0.256 e. The molecule has 1 heterocycles. The van der Waals surface area contributed by atoms with Crippen molar-refractivity contribution in [3.8, 4) is 0 Å². The summed E-state index contributed by atoms with van der Waals surface area (Å²) in [6.07, 6.45) is 0. The van der Waals surface area contributed by atoms with Gasteiger partial charge in [-0.1, -0.05) is 67.6 Å². The van der Waals surface area contributed by atoms with Gasteiger partial charge in [0.2, 0.25) is 10.0 Å². The maximum atomic E-state index is 13.2. The molecule has 0 aliphatic rings. The first-order valence-electron chi connectivity index (χ1n) is 11.4. The molecule has 3 aromatic carbocycles. The average Bonchev–Trinajstić information content (AvgIpc) is 3.21. The standard InChI is InChI=1S/C27H28N4O3S/c1-3-30(19-22-10-6-4-7-11-22)35(33,34)25-16-14-24(15-17-25)27(32)28-26-18-21(2)29-31(26)20-23-12-8-5-9-13-23/h4-18H,3,19-20H2,1-2H3,(H,28,32). The highest BCUT2D eigenvalue weighted by molar-refractivity contribution is 7.89. The van der Waals surface area contributed by atoms with E-state index in [9.17, 15) is 13.2 Å². The first-order valence-corrected chi connectivity index (χ1v) is 12.8. The molecular formula is C27H28N4O3S. The Kier molecular flexibility index (Phi) is 7.43. The molecule has 1 amide bonds. The summed E-state index contributed by atoms with van der Waals surface area (Å²) in [4.78, 5) is 13.1. The molecule has 0 unspecified atom stereocenters. The Morgan fingerprint density at radius 1 is 0.914 bits per heavy atom. The predicted octanol–water partition coefficient (Wildman–Crippen LogP) is 4.70. The van der Waals surface area contributed by atoms with Crippen LogP contribution < -0.4 is 5.32 Å². The summed E-state index contributed by atoms with van der Waals surface area (Å²) in [6.45, 7) is 4.82. The lowest BCUT2D eigenvalue weighted by Gasteiger charge is -2.20. The molecule has 7 nitrogen and oxygen atoms in total. The van der Waals surface area contributed by atoms with Crippen LogP contribution in [0.3, 0.4) is 0 Å². The number of aryl methyl sites for hydroxylation is 1. The molecule has 0 saturated carbocycles. The number of hydrogen-bond acceptors (Lipinski definition) is 4. The minimum absolute atomic E-state index is 0.150. The third-order valence-electron chi connectivity index (χ3n) is 5.63. The van der Waals surface area contributed by atoms with Gasteiger partial charge in [-0.25, -0.2) is 13.1 Å². The van der Waals surface area contributed by atoms with Gasteiger partial charge in [0.1, 0.15) is 5.82 Å². The molecule has 1 aromatic heterocycles. The van der Waals surface area contributed by atoms with Crippen molar-refractivity contribution in [1.82, 2.24) is 14.1 Å². The van der Waals surface area contributed by atoms with Gasteiger partial charge in [-0.2, -0.15) is 9.40 Å². The van der Waals surface area contributed by atoms with Crippen molar-refractivity contribution >= 4 is 21.7 Å². The molecule has 0 spiro atoms. The molecule has 8 heteroatoms. The van der Waals surface area contributed by atoms with E-state index >= 15 is 0 Å². The Labute approximate surface area is 206 Å². The monoisotopic (exact) mass is 488 g/mol. The third kappa shape index (κ3) is 5.85. The second-order valence-electron chi connectivity index (χ2n) is 8.21. The maximum Gasteiger partial charge on any atom is 0.256 e. The number of sulfonamides is 1. The molecule has 180 valence electrons. The van der Waals surface area contributed by atoms with E-state index in [0.29, 0.717) is 24.5 Å². The average molecular weight is 489 g/mol. The van der Waals surface area contributed by atoms with Crippen molar-refractivity contribution in [3.63, 3.8) is 0 Å². The highest BCUT2D eigenvalue weighted by Crippen LogP contribution is 2.20. The van der Waals surface area contributed by atoms with Crippen molar-refractivity contribution in [1.29, 1.82) is 0 Å². The van der Waals surface area contributed by atoms with E-state index in [4.69, 9.17) is 0 Å². The summed E-state index contributed by atoms with van der Waals surface area (Å²) in [6, 6.07) is 27.2. The Morgan fingerprint density at radius 2 is 1.51 bits per heavy atom. The number of hydrogen-bond donors (Lipinski definition) is 1. The number of carbonyl (C=O) groups excluding carboxylic acids is 1. The topological polar surface area (TPSA) is 84.3 Å². The first kappa shape index (κ1) is 24.4. The fourth-order valence-electron chi connectivity index (χ4n) is 3.79. The fraction of sp³-hybridized carbons (Fsp3) is 0.185. The van der Waals surface area contributed by atoms with Gasteiger partial charge in [-0.15, -0.1) is 0 Å². The normalized spacial score (nSPS) is 11.5. The van der Waals surface area contributed by atoms with Gasteiger partial charge in [0.15, 0.2) is 0 Å². The van der Waals surface area contributed by atoms with E-state index in [-0.39, 0.29) is 17.3 Å². The van der Waals surface area contributed by atoms with Crippen LogP contribution in [-0.4, -0.2) is 35.0 Å². The van der Waals surface area contributed by atoms with E-state index < -0.39 is 10.0 Å². The van der Waals surface area contributed by atoms with Gasteiger partial charge in [0.05, 0.1) is 17.1 Å². The maximum absolute atomic E-state index is 13.2. The van der Waals surface area contributed by atoms with E-state index in [2.05, 4.69) is 10.4 Å². The molecule has 0 radical (unpaired) electrons. The van der Waals surface area contributed by atoms with Gasteiger partial charge < -0.3 is 5.32 Å². The van der Waals surface area contributed by atoms with Crippen LogP contribution in [0.1, 0.15) is 34.1 Å². The summed E-state index contributed by atoms with van der Waals surface area (Å²) in [7, 11) is -3.70. The van der Waals surface area contributed by atoms with Crippen molar-refractivity contribution in [2.24, 2.45) is 0 Å². The Balaban J connectivity index is 1.48. The van der Waals surface area contributed by atoms with Crippen LogP contribution in [0.15, 0.2) is 95.9 Å². The number of amides is 1. The largest absolute Gasteiger partial charge is 0.307 e. The SMILES string of the molecule is CCN(Cc1ccccc1)S(=O)(=O)c1ccc(C(=O)Nc2cc(C)nn2Cc2ccccc2)cc1. The second kappa shape index (κ2) is 10.7. The molecule has 0 aliphatic heterocycles. The molecular weight excluding hydrogens is 460 g/mol. The second-order valence-corrected chi connectivity index (χ2v) is 10.1. The minimum Gasteiger partial charge on any atom is -0.307 e. The van der Waals surface area contributed by atoms with E-state index in [1.165, 1.54) is 28.6 Å². The summed E-state index contributed by atoms with van der Waals surface area (Å²) >= 11 is 0. The Morgan fingerprint density at radius 3 is 2.11 bits per heavy atom. The van der Waals surface area contributed by atoms with E-state index in [1.54, 1.807) is 4.68 Å². The van der Waals surface area contributed by atoms with Gasteiger partial charge in [0.25, 0.3) is 5.91 Å². The predicted molar refractivity (Wildman–Crippen MR) is 137 cm³/mol. The number of nitrogens with one attached hydrogen (secondary N) is 1. The number of aromatic nitrogens is 2. The molecule has 0 fully saturated rings. The number of anilines is 1. The minimum atomic E-state index is -3.70. The lowest BCUT2D eigenvalue weighted by Crippen LogP contribution is -2.30. The van der Waals surface area contributed by atoms with E-state index in [1.807, 2.05) is 80.6 Å². The van der Waals surface area contributed by atoms with Crippen LogP contribution in [0.5, 0.6) is 0 Å². The van der Waals surface area contributed by atoms with Gasteiger partial charge in [0, 0.05) is 24.7 Å². The molecule has 0 saturated heterocycles. The zero-order valence-electron chi connectivity index (χ0n) is 19.8. The zero-order valence-corrected chi connectivity index (χ0v) is 20.6. The number of nitrogens with zero attached hydrogens (tertiary/aromatic N) is 3. The molecule has 35 heavy (non-hydrogen) atoms.